The molecule has 3 aromatic rings. The molecule has 1 heterocycles. The molecule has 5 heteroatoms. The van der Waals surface area contributed by atoms with Crippen LogP contribution in [-0.2, 0) is 0 Å². The Balaban J connectivity index is 1.82. The highest BCUT2D eigenvalue weighted by Crippen LogP contribution is 2.28. The van der Waals surface area contributed by atoms with E-state index in [1.165, 1.54) is 5.56 Å². The van der Waals surface area contributed by atoms with E-state index in [1.54, 1.807) is 12.3 Å². The lowest BCUT2D eigenvalue weighted by atomic mass is 10.1. The van der Waals surface area contributed by atoms with E-state index in [2.05, 4.69) is 15.6 Å². The second-order valence-corrected chi connectivity index (χ2v) is 6.61. The lowest BCUT2D eigenvalue weighted by Gasteiger charge is -2.14. The van der Waals surface area contributed by atoms with Crippen molar-refractivity contribution in [2.45, 2.75) is 26.8 Å². The van der Waals surface area contributed by atoms with Gasteiger partial charge in [0.05, 0.1) is 11.8 Å². The molecule has 0 aliphatic heterocycles. The molecule has 27 heavy (non-hydrogen) atoms. The molecule has 1 aromatic heterocycles. The number of benzene rings is 2. The molecule has 2 aromatic carbocycles. The summed E-state index contributed by atoms with van der Waals surface area (Å²) in [5, 5.41) is 6.25. The molecule has 0 aliphatic rings. The fourth-order valence-electron chi connectivity index (χ4n) is 2.88. The van der Waals surface area contributed by atoms with Crippen LogP contribution in [-0.4, -0.2) is 30.0 Å². The van der Waals surface area contributed by atoms with Crippen LogP contribution in [0.15, 0.2) is 59.1 Å². The molecular formula is C22H25N3O2. The standard InChI is InChI=1S/C22H25N3O2/c1-4-23-16(3)13-24-21(26)18-7-5-6-8-19(18)22-25-14-20(27-22)17-11-9-15(2)10-12-17/h5-12,14,16,23H,4,13H2,1-3H3,(H,24,26)/t16-/m1/s1. The van der Waals surface area contributed by atoms with Gasteiger partial charge in [0.25, 0.3) is 5.91 Å². The molecule has 2 N–H and O–H groups in total. The van der Waals surface area contributed by atoms with Crippen LogP contribution in [0.5, 0.6) is 0 Å². The maximum Gasteiger partial charge on any atom is 0.252 e. The molecule has 0 unspecified atom stereocenters. The van der Waals surface area contributed by atoms with Gasteiger partial charge in [-0.1, -0.05) is 48.9 Å². The van der Waals surface area contributed by atoms with E-state index >= 15 is 0 Å². The van der Waals surface area contributed by atoms with Crippen LogP contribution < -0.4 is 10.6 Å². The lowest BCUT2D eigenvalue weighted by Crippen LogP contribution is -2.38. The summed E-state index contributed by atoms with van der Waals surface area (Å²) in [6.45, 7) is 7.55. The van der Waals surface area contributed by atoms with Gasteiger partial charge in [0.15, 0.2) is 5.76 Å². The highest BCUT2D eigenvalue weighted by Gasteiger charge is 2.17. The van der Waals surface area contributed by atoms with Gasteiger partial charge in [0.1, 0.15) is 0 Å². The van der Waals surface area contributed by atoms with Crippen LogP contribution in [0.2, 0.25) is 0 Å². The number of aromatic nitrogens is 1. The van der Waals surface area contributed by atoms with Crippen molar-refractivity contribution in [1.29, 1.82) is 0 Å². The van der Waals surface area contributed by atoms with Gasteiger partial charge in [-0.15, -0.1) is 0 Å². The zero-order valence-corrected chi connectivity index (χ0v) is 16.0. The van der Waals surface area contributed by atoms with Crippen LogP contribution in [0.3, 0.4) is 0 Å². The number of rotatable bonds is 7. The summed E-state index contributed by atoms with van der Waals surface area (Å²) in [5.41, 5.74) is 3.39. The van der Waals surface area contributed by atoms with Gasteiger partial charge in [-0.05, 0) is 32.5 Å². The maximum atomic E-state index is 12.7. The van der Waals surface area contributed by atoms with Crippen molar-refractivity contribution in [2.75, 3.05) is 13.1 Å². The lowest BCUT2D eigenvalue weighted by molar-refractivity contribution is 0.0950. The number of amides is 1. The number of likely N-dealkylation sites (N-methyl/N-ethyl adjacent to an activating group) is 1. The Morgan fingerprint density at radius 2 is 1.89 bits per heavy atom. The number of nitrogens with one attached hydrogen (secondary N) is 2. The molecular weight excluding hydrogens is 338 g/mol. The normalized spacial score (nSPS) is 12.0. The summed E-state index contributed by atoms with van der Waals surface area (Å²) >= 11 is 0. The fourth-order valence-corrected chi connectivity index (χ4v) is 2.88. The predicted octanol–water partition coefficient (Wildman–Crippen LogP) is 4.04. The molecule has 0 spiro atoms. The largest absolute Gasteiger partial charge is 0.436 e. The van der Waals surface area contributed by atoms with Crippen LogP contribution in [0.25, 0.3) is 22.8 Å². The van der Waals surface area contributed by atoms with E-state index in [9.17, 15) is 4.79 Å². The average molecular weight is 363 g/mol. The summed E-state index contributed by atoms with van der Waals surface area (Å²) in [4.78, 5) is 17.0. The van der Waals surface area contributed by atoms with E-state index in [4.69, 9.17) is 4.42 Å². The number of hydrogen-bond donors (Lipinski definition) is 2. The summed E-state index contributed by atoms with van der Waals surface area (Å²) in [7, 11) is 0. The number of oxazole rings is 1. The molecule has 5 nitrogen and oxygen atoms in total. The second kappa shape index (κ2) is 8.64. The molecule has 0 saturated heterocycles. The van der Waals surface area contributed by atoms with E-state index < -0.39 is 0 Å². The quantitative estimate of drug-likeness (QED) is 0.665. The van der Waals surface area contributed by atoms with Crippen LogP contribution >= 0.6 is 0 Å². The number of hydrogen-bond acceptors (Lipinski definition) is 4. The highest BCUT2D eigenvalue weighted by molar-refractivity contribution is 6.00. The van der Waals surface area contributed by atoms with Crippen molar-refractivity contribution >= 4 is 5.91 Å². The molecule has 0 fully saturated rings. The second-order valence-electron chi connectivity index (χ2n) is 6.61. The molecule has 0 saturated carbocycles. The molecule has 0 radical (unpaired) electrons. The Bertz CT molecular complexity index is 900. The summed E-state index contributed by atoms with van der Waals surface area (Å²) in [6, 6.07) is 15.6. The van der Waals surface area contributed by atoms with E-state index in [0.29, 0.717) is 29.3 Å². The van der Waals surface area contributed by atoms with E-state index in [0.717, 1.165) is 12.1 Å². The molecule has 0 aliphatic carbocycles. The number of aryl methyl sites for hydroxylation is 1. The van der Waals surface area contributed by atoms with Gasteiger partial charge in [-0.2, -0.15) is 0 Å². The third kappa shape index (κ3) is 4.63. The zero-order valence-electron chi connectivity index (χ0n) is 16.0. The molecule has 140 valence electrons. The topological polar surface area (TPSA) is 67.2 Å². The van der Waals surface area contributed by atoms with Crippen molar-refractivity contribution in [3.63, 3.8) is 0 Å². The summed E-state index contributed by atoms with van der Waals surface area (Å²) < 4.78 is 5.95. The molecule has 1 amide bonds. The third-order valence-electron chi connectivity index (χ3n) is 4.37. The van der Waals surface area contributed by atoms with Gasteiger partial charge >= 0.3 is 0 Å². The molecule has 1 atom stereocenters. The first kappa shape index (κ1) is 18.9. The van der Waals surface area contributed by atoms with Crippen molar-refractivity contribution in [2.24, 2.45) is 0 Å². The van der Waals surface area contributed by atoms with Gasteiger partial charge in [-0.25, -0.2) is 4.98 Å². The van der Waals surface area contributed by atoms with Gasteiger partial charge < -0.3 is 15.1 Å². The van der Waals surface area contributed by atoms with Gasteiger partial charge in [-0.3, -0.25) is 4.79 Å². The average Bonchev–Trinajstić information content (AvgIpc) is 3.17. The van der Waals surface area contributed by atoms with Crippen LogP contribution in [0.1, 0.15) is 29.8 Å². The minimum atomic E-state index is -0.134. The SMILES string of the molecule is CCN[C@H](C)CNC(=O)c1ccccc1-c1ncc(-c2ccc(C)cc2)o1. The number of carbonyl (C=O) groups is 1. The summed E-state index contributed by atoms with van der Waals surface area (Å²) in [5.74, 6) is 0.988. The molecule has 0 bridgehead atoms. The van der Waals surface area contributed by atoms with Crippen molar-refractivity contribution in [3.8, 4) is 22.8 Å². The Morgan fingerprint density at radius 1 is 1.15 bits per heavy atom. The Kier molecular flexibility index (Phi) is 6.04. The minimum Gasteiger partial charge on any atom is -0.436 e. The first-order valence-corrected chi connectivity index (χ1v) is 9.22. The Hall–Kier alpha value is -2.92. The van der Waals surface area contributed by atoms with Gasteiger partial charge in [0, 0.05) is 23.7 Å². The number of carbonyl (C=O) groups excluding carboxylic acids is 1. The summed E-state index contributed by atoms with van der Waals surface area (Å²) in [6.07, 6.45) is 1.70. The van der Waals surface area contributed by atoms with Crippen molar-refractivity contribution in [3.05, 3.63) is 65.9 Å². The van der Waals surface area contributed by atoms with Crippen LogP contribution in [0.4, 0.5) is 0 Å². The first-order chi connectivity index (χ1) is 13.1. The van der Waals surface area contributed by atoms with E-state index in [1.807, 2.05) is 63.2 Å². The zero-order chi connectivity index (χ0) is 19.2. The third-order valence-corrected chi connectivity index (χ3v) is 4.37. The van der Waals surface area contributed by atoms with Crippen molar-refractivity contribution in [1.82, 2.24) is 15.6 Å². The first-order valence-electron chi connectivity index (χ1n) is 9.22. The van der Waals surface area contributed by atoms with Gasteiger partial charge in [0.2, 0.25) is 5.89 Å². The smallest absolute Gasteiger partial charge is 0.252 e. The van der Waals surface area contributed by atoms with Crippen LogP contribution in [0, 0.1) is 6.92 Å². The number of nitrogens with zero attached hydrogens (tertiary/aromatic N) is 1. The molecule has 3 rings (SSSR count). The highest BCUT2D eigenvalue weighted by atomic mass is 16.4. The fraction of sp³-hybridized carbons (Fsp3) is 0.273. The monoisotopic (exact) mass is 363 g/mol. The maximum absolute atomic E-state index is 12.7. The minimum absolute atomic E-state index is 0.134. The van der Waals surface area contributed by atoms with E-state index in [-0.39, 0.29) is 11.9 Å². The predicted molar refractivity (Wildman–Crippen MR) is 108 cm³/mol. The van der Waals surface area contributed by atoms with Crippen molar-refractivity contribution < 1.29 is 9.21 Å². The Labute approximate surface area is 159 Å². The Morgan fingerprint density at radius 3 is 2.63 bits per heavy atom.